The van der Waals surface area contributed by atoms with Crippen molar-refractivity contribution in [3.05, 3.63) is 71.8 Å². The SMILES string of the molecule is C=CCCC1CCC(c2ccccc2-c2cc(F)c(COC)c(F)c2)CC1. The van der Waals surface area contributed by atoms with Crippen molar-refractivity contribution in [1.82, 2.24) is 0 Å². The first-order valence-electron chi connectivity index (χ1n) is 9.81. The third-order valence-electron chi connectivity index (χ3n) is 5.77. The second-order valence-electron chi connectivity index (χ2n) is 7.52. The summed E-state index contributed by atoms with van der Waals surface area (Å²) in [5.41, 5.74) is 2.74. The van der Waals surface area contributed by atoms with E-state index in [9.17, 15) is 8.78 Å². The fourth-order valence-corrected chi connectivity index (χ4v) is 4.27. The van der Waals surface area contributed by atoms with E-state index in [2.05, 4.69) is 12.6 Å². The fraction of sp³-hybridized carbons (Fsp3) is 0.417. The second kappa shape index (κ2) is 9.27. The highest BCUT2D eigenvalue weighted by molar-refractivity contribution is 5.68. The van der Waals surface area contributed by atoms with Crippen molar-refractivity contribution in [2.45, 2.75) is 51.0 Å². The molecule has 0 bridgehead atoms. The molecule has 27 heavy (non-hydrogen) atoms. The summed E-state index contributed by atoms with van der Waals surface area (Å²) in [6, 6.07) is 10.9. The molecule has 3 heteroatoms. The molecule has 1 saturated carbocycles. The average molecular weight is 370 g/mol. The van der Waals surface area contributed by atoms with Gasteiger partial charge in [-0.05, 0) is 79.2 Å². The first kappa shape index (κ1) is 19.8. The molecule has 1 aliphatic carbocycles. The standard InChI is InChI=1S/C24H28F2O/c1-3-4-7-17-10-12-18(13-11-17)20-8-5-6-9-21(20)19-14-23(25)22(16-27-2)24(26)15-19/h3,5-6,8-9,14-15,17-18H,1,4,7,10-13,16H2,2H3. The maximum Gasteiger partial charge on any atom is 0.132 e. The first-order valence-corrected chi connectivity index (χ1v) is 9.81. The quantitative estimate of drug-likeness (QED) is 0.476. The Hall–Kier alpha value is -2.00. The molecule has 0 amide bonds. The zero-order valence-electron chi connectivity index (χ0n) is 16.0. The summed E-state index contributed by atoms with van der Waals surface area (Å²) in [5.74, 6) is 0.130. The number of allylic oxidation sites excluding steroid dienone is 1. The third kappa shape index (κ3) is 4.65. The molecule has 0 spiro atoms. The number of rotatable bonds is 7. The minimum absolute atomic E-state index is 0.0125. The van der Waals surface area contributed by atoms with Crippen LogP contribution in [0.3, 0.4) is 0 Å². The van der Waals surface area contributed by atoms with Gasteiger partial charge in [-0.15, -0.1) is 6.58 Å². The van der Waals surface area contributed by atoms with Gasteiger partial charge in [-0.2, -0.15) is 0 Å². The molecule has 0 heterocycles. The number of hydrogen-bond donors (Lipinski definition) is 0. The highest BCUT2D eigenvalue weighted by atomic mass is 19.1. The van der Waals surface area contributed by atoms with Crippen LogP contribution in [0.25, 0.3) is 11.1 Å². The molecule has 0 N–H and O–H groups in total. The van der Waals surface area contributed by atoms with Crippen LogP contribution in [-0.2, 0) is 11.3 Å². The summed E-state index contributed by atoms with van der Waals surface area (Å²) < 4.78 is 33.7. The van der Waals surface area contributed by atoms with Crippen LogP contribution < -0.4 is 0 Å². The van der Waals surface area contributed by atoms with E-state index in [0.717, 1.165) is 30.7 Å². The Morgan fingerprint density at radius 2 is 1.74 bits per heavy atom. The summed E-state index contributed by atoms with van der Waals surface area (Å²) >= 11 is 0. The molecule has 0 aromatic heterocycles. The highest BCUT2D eigenvalue weighted by Crippen LogP contribution is 2.41. The van der Waals surface area contributed by atoms with Crippen LogP contribution in [-0.4, -0.2) is 7.11 Å². The number of hydrogen-bond acceptors (Lipinski definition) is 1. The Morgan fingerprint density at radius 3 is 2.37 bits per heavy atom. The van der Waals surface area contributed by atoms with Gasteiger partial charge >= 0.3 is 0 Å². The Labute approximate surface area is 161 Å². The van der Waals surface area contributed by atoms with Crippen LogP contribution in [0, 0.1) is 17.6 Å². The monoisotopic (exact) mass is 370 g/mol. The smallest absolute Gasteiger partial charge is 0.132 e. The van der Waals surface area contributed by atoms with Crippen LogP contribution in [0.2, 0.25) is 0 Å². The van der Waals surface area contributed by atoms with Gasteiger partial charge in [-0.25, -0.2) is 8.78 Å². The van der Waals surface area contributed by atoms with Crippen molar-refractivity contribution in [1.29, 1.82) is 0 Å². The van der Waals surface area contributed by atoms with Gasteiger partial charge in [0, 0.05) is 12.7 Å². The lowest BCUT2D eigenvalue weighted by atomic mass is 9.75. The molecule has 0 atom stereocenters. The van der Waals surface area contributed by atoms with Gasteiger partial charge in [0.1, 0.15) is 11.6 Å². The van der Waals surface area contributed by atoms with Crippen molar-refractivity contribution >= 4 is 0 Å². The summed E-state index contributed by atoms with van der Waals surface area (Å²) in [5, 5.41) is 0. The van der Waals surface area contributed by atoms with Gasteiger partial charge < -0.3 is 4.74 Å². The third-order valence-corrected chi connectivity index (χ3v) is 5.77. The van der Waals surface area contributed by atoms with E-state index in [1.54, 1.807) is 0 Å². The van der Waals surface area contributed by atoms with Crippen molar-refractivity contribution < 1.29 is 13.5 Å². The van der Waals surface area contributed by atoms with Gasteiger partial charge in [0.2, 0.25) is 0 Å². The molecule has 0 unspecified atom stereocenters. The Morgan fingerprint density at radius 1 is 1.07 bits per heavy atom. The average Bonchev–Trinajstić information content (AvgIpc) is 2.69. The van der Waals surface area contributed by atoms with Gasteiger partial charge in [0.05, 0.1) is 6.61 Å². The van der Waals surface area contributed by atoms with Gasteiger partial charge in [0.15, 0.2) is 0 Å². The normalized spacial score (nSPS) is 19.8. The van der Waals surface area contributed by atoms with E-state index in [-0.39, 0.29) is 12.2 Å². The Balaban J connectivity index is 1.84. The van der Waals surface area contributed by atoms with Crippen molar-refractivity contribution in [2.24, 2.45) is 5.92 Å². The topological polar surface area (TPSA) is 9.23 Å². The van der Waals surface area contributed by atoms with Gasteiger partial charge in [0.25, 0.3) is 0 Å². The second-order valence-corrected chi connectivity index (χ2v) is 7.52. The Bertz CT molecular complexity index is 753. The molecule has 1 nitrogen and oxygen atoms in total. The van der Waals surface area contributed by atoms with E-state index in [4.69, 9.17) is 4.74 Å². The van der Waals surface area contributed by atoms with Crippen LogP contribution in [0.15, 0.2) is 49.1 Å². The predicted molar refractivity (Wildman–Crippen MR) is 107 cm³/mol. The molecular weight excluding hydrogens is 342 g/mol. The van der Waals surface area contributed by atoms with Crippen LogP contribution in [0.4, 0.5) is 8.78 Å². The summed E-state index contributed by atoms with van der Waals surface area (Å²) in [6.07, 6.45) is 8.98. The number of methoxy groups -OCH3 is 1. The molecule has 1 fully saturated rings. The zero-order chi connectivity index (χ0) is 19.2. The minimum atomic E-state index is -0.546. The summed E-state index contributed by atoms with van der Waals surface area (Å²) in [7, 11) is 1.44. The van der Waals surface area contributed by atoms with E-state index in [1.807, 2.05) is 24.3 Å². The first-order chi connectivity index (χ1) is 13.1. The van der Waals surface area contributed by atoms with Crippen LogP contribution in [0.1, 0.15) is 55.6 Å². The van der Waals surface area contributed by atoms with E-state index >= 15 is 0 Å². The van der Waals surface area contributed by atoms with E-state index < -0.39 is 11.6 Å². The lowest BCUT2D eigenvalue weighted by molar-refractivity contribution is 0.177. The molecule has 0 aliphatic heterocycles. The minimum Gasteiger partial charge on any atom is -0.380 e. The maximum absolute atomic E-state index is 14.4. The van der Waals surface area contributed by atoms with Crippen LogP contribution in [0.5, 0.6) is 0 Å². The lowest BCUT2D eigenvalue weighted by Crippen LogP contribution is -2.14. The number of ether oxygens (including phenoxy) is 1. The highest BCUT2D eigenvalue weighted by Gasteiger charge is 2.24. The Kier molecular flexibility index (Phi) is 6.78. The van der Waals surface area contributed by atoms with Crippen LogP contribution >= 0.6 is 0 Å². The molecule has 144 valence electrons. The molecule has 2 aromatic rings. The molecular formula is C24H28F2O. The van der Waals surface area contributed by atoms with E-state index in [0.29, 0.717) is 11.5 Å². The van der Waals surface area contributed by atoms with Gasteiger partial charge in [-0.1, -0.05) is 30.3 Å². The van der Waals surface area contributed by atoms with Gasteiger partial charge in [-0.3, -0.25) is 0 Å². The maximum atomic E-state index is 14.4. The van der Waals surface area contributed by atoms with E-state index in [1.165, 1.54) is 44.1 Å². The largest absolute Gasteiger partial charge is 0.380 e. The number of benzene rings is 2. The molecule has 3 rings (SSSR count). The summed E-state index contributed by atoms with van der Waals surface area (Å²) in [6.45, 7) is 3.75. The number of halogens is 2. The molecule has 0 saturated heterocycles. The zero-order valence-corrected chi connectivity index (χ0v) is 16.0. The molecule has 1 aliphatic rings. The van der Waals surface area contributed by atoms with Crippen molar-refractivity contribution in [3.8, 4) is 11.1 Å². The van der Waals surface area contributed by atoms with Crippen molar-refractivity contribution in [2.75, 3.05) is 7.11 Å². The summed E-state index contributed by atoms with van der Waals surface area (Å²) in [4.78, 5) is 0. The molecule has 0 radical (unpaired) electrons. The lowest BCUT2D eigenvalue weighted by Gasteiger charge is -2.30. The molecule has 2 aromatic carbocycles. The predicted octanol–water partition coefficient (Wildman–Crippen LogP) is 7.02. The van der Waals surface area contributed by atoms with Crippen molar-refractivity contribution in [3.63, 3.8) is 0 Å². The fourth-order valence-electron chi connectivity index (χ4n) is 4.27.